The standard InChI is InChI=1S/C52H33N3.C51H32N2/c1-3-13-34(14-4-1)36-23-27-38(28-24-36)49-53-50(39-29-25-37(26-30-39)35-15-5-2-6-16-35)55-51(54-49)40-31-32-44-43-19-9-12-22-47(43)52(48(44)33-40)45-20-10-7-17-41(45)42-18-8-11-21-46(42)52;1-4-16-33(17-5-1)46-40-24-10-11-25-41(40)47(34-18-6-2-7-19-34)50-43-31-30-38(39-26-15-27-42(48(39)43)49(46)50)35-20-14-21-36(32-35)51-52-44-28-12-13-29-45(44)53(51)37-22-8-3-9-23-37/h1-33H;1-32H. The second-order valence-corrected chi connectivity index (χ2v) is 28.2. The molecule has 2 heterocycles. The third kappa shape index (κ3) is 10.0. The first kappa shape index (κ1) is 62.3. The molecule has 0 atom stereocenters. The van der Waals surface area contributed by atoms with E-state index in [2.05, 4.69) is 387 Å². The zero-order valence-corrected chi connectivity index (χ0v) is 58.8. The molecule has 22 rings (SSSR count). The molecule has 108 heavy (non-hydrogen) atoms. The molecule has 19 aromatic rings. The summed E-state index contributed by atoms with van der Waals surface area (Å²) < 4.78 is 2.28. The van der Waals surface area contributed by atoms with Crippen molar-refractivity contribution in [1.82, 2.24) is 24.5 Å². The van der Waals surface area contributed by atoms with E-state index in [-0.39, 0.29) is 0 Å². The lowest BCUT2D eigenvalue weighted by atomic mass is 9.70. The van der Waals surface area contributed by atoms with Crippen molar-refractivity contribution in [2.75, 3.05) is 0 Å². The van der Waals surface area contributed by atoms with E-state index in [0.717, 1.165) is 55.9 Å². The van der Waals surface area contributed by atoms with Crippen molar-refractivity contribution in [2.45, 2.75) is 5.41 Å². The average Bonchev–Trinajstić information content (AvgIpc) is 1.50. The van der Waals surface area contributed by atoms with Gasteiger partial charge in [-0.15, -0.1) is 0 Å². The summed E-state index contributed by atoms with van der Waals surface area (Å²) >= 11 is 0. The Kier molecular flexibility index (Phi) is 14.8. The Morgan fingerprint density at radius 1 is 0.204 bits per heavy atom. The molecule has 2 aromatic heterocycles. The van der Waals surface area contributed by atoms with Gasteiger partial charge in [-0.3, -0.25) is 4.57 Å². The molecule has 0 saturated heterocycles. The Morgan fingerprint density at radius 3 is 1.11 bits per heavy atom. The summed E-state index contributed by atoms with van der Waals surface area (Å²) in [5.74, 6) is 2.86. The van der Waals surface area contributed by atoms with Crippen LogP contribution in [-0.2, 0) is 5.41 Å². The van der Waals surface area contributed by atoms with Crippen LogP contribution in [0.5, 0.6) is 0 Å². The molecular formula is C103H65N5. The van der Waals surface area contributed by atoms with Crippen LogP contribution in [0.25, 0.3) is 184 Å². The van der Waals surface area contributed by atoms with E-state index in [1.807, 2.05) is 12.1 Å². The van der Waals surface area contributed by atoms with Gasteiger partial charge in [-0.25, -0.2) is 19.9 Å². The molecule has 3 aliphatic carbocycles. The van der Waals surface area contributed by atoms with Crippen LogP contribution < -0.4 is 0 Å². The number of nitrogens with zero attached hydrogens (tertiary/aromatic N) is 5. The molecule has 502 valence electrons. The lowest BCUT2D eigenvalue weighted by molar-refractivity contribution is 0.794. The Hall–Kier alpha value is -14.3. The first-order valence-electron chi connectivity index (χ1n) is 37.0. The van der Waals surface area contributed by atoms with Gasteiger partial charge in [-0.2, -0.15) is 0 Å². The SMILES string of the molecule is c1ccc(-c2c3c(c(-c4ccccc4)c4ccccc24)-c2ccc(-c4cccc(-c5nc6ccccc6n5-c5ccccc5)c4)c4cccc-3c24)cc1.c1ccc(-c2ccc(-c3nc(-c4ccc(-c5ccccc5)cc4)nc(-c4ccc5c(c4)C4(c6ccccc6-c6ccccc64)c4ccccc4-5)n3)cc2)cc1. The van der Waals surface area contributed by atoms with Gasteiger partial charge in [-0.1, -0.05) is 358 Å². The maximum Gasteiger partial charge on any atom is 0.164 e. The summed E-state index contributed by atoms with van der Waals surface area (Å²) in [5, 5.41) is 5.12. The number of fused-ring (bicyclic) bond motifs is 15. The van der Waals surface area contributed by atoms with E-state index in [1.165, 1.54) is 133 Å². The number of para-hydroxylation sites is 3. The fourth-order valence-electron chi connectivity index (χ4n) is 17.6. The third-order valence-electron chi connectivity index (χ3n) is 22.3. The predicted octanol–water partition coefficient (Wildman–Crippen LogP) is 26.2. The number of hydrogen-bond acceptors (Lipinski definition) is 4. The third-order valence-corrected chi connectivity index (χ3v) is 22.3. The van der Waals surface area contributed by atoms with Crippen molar-refractivity contribution in [2.24, 2.45) is 0 Å². The highest BCUT2D eigenvalue weighted by atomic mass is 15.1. The van der Waals surface area contributed by atoms with Gasteiger partial charge in [0, 0.05) is 27.9 Å². The van der Waals surface area contributed by atoms with Gasteiger partial charge < -0.3 is 0 Å². The summed E-state index contributed by atoms with van der Waals surface area (Å²) in [4.78, 5) is 20.8. The van der Waals surface area contributed by atoms with E-state index in [9.17, 15) is 0 Å². The fraction of sp³-hybridized carbons (Fsp3) is 0.00971. The lowest BCUT2D eigenvalue weighted by Gasteiger charge is -2.30. The molecule has 0 radical (unpaired) electrons. The Labute approximate surface area is 626 Å². The van der Waals surface area contributed by atoms with Crippen LogP contribution in [0.4, 0.5) is 0 Å². The van der Waals surface area contributed by atoms with Crippen molar-refractivity contribution in [3.05, 3.63) is 417 Å². The normalized spacial score (nSPS) is 12.3. The van der Waals surface area contributed by atoms with Crippen LogP contribution in [0.1, 0.15) is 22.3 Å². The summed E-state index contributed by atoms with van der Waals surface area (Å²) in [7, 11) is 0. The summed E-state index contributed by atoms with van der Waals surface area (Å²) in [6, 6.07) is 142. The molecule has 0 saturated carbocycles. The number of imidazole rings is 1. The average molecular weight is 1370 g/mol. The molecule has 0 unspecified atom stereocenters. The first-order valence-corrected chi connectivity index (χ1v) is 37.0. The minimum Gasteiger partial charge on any atom is -0.292 e. The largest absolute Gasteiger partial charge is 0.292 e. The smallest absolute Gasteiger partial charge is 0.164 e. The maximum atomic E-state index is 5.22. The molecule has 17 aromatic carbocycles. The quantitative estimate of drug-likeness (QED) is 0.137. The van der Waals surface area contributed by atoms with Gasteiger partial charge in [0.2, 0.25) is 0 Å². The van der Waals surface area contributed by atoms with Crippen LogP contribution in [0.2, 0.25) is 0 Å². The van der Waals surface area contributed by atoms with E-state index >= 15 is 0 Å². The summed E-state index contributed by atoms with van der Waals surface area (Å²) in [5.41, 5.74) is 34.2. The van der Waals surface area contributed by atoms with E-state index in [1.54, 1.807) is 0 Å². The zero-order chi connectivity index (χ0) is 71.2. The topological polar surface area (TPSA) is 56.5 Å². The van der Waals surface area contributed by atoms with Crippen LogP contribution in [0, 0.1) is 0 Å². The molecule has 0 aliphatic heterocycles. The van der Waals surface area contributed by atoms with Crippen molar-refractivity contribution in [1.29, 1.82) is 0 Å². The maximum absolute atomic E-state index is 5.22. The highest BCUT2D eigenvalue weighted by Crippen LogP contribution is 2.64. The molecule has 0 N–H and O–H groups in total. The van der Waals surface area contributed by atoms with Crippen molar-refractivity contribution >= 4 is 32.6 Å². The highest BCUT2D eigenvalue weighted by Gasteiger charge is 2.51. The van der Waals surface area contributed by atoms with Gasteiger partial charge in [0.15, 0.2) is 17.5 Å². The van der Waals surface area contributed by atoms with Gasteiger partial charge in [0.25, 0.3) is 0 Å². The van der Waals surface area contributed by atoms with Crippen LogP contribution >= 0.6 is 0 Å². The van der Waals surface area contributed by atoms with Crippen molar-refractivity contribution in [3.63, 3.8) is 0 Å². The first-order chi connectivity index (χ1) is 53.6. The Morgan fingerprint density at radius 2 is 0.565 bits per heavy atom. The van der Waals surface area contributed by atoms with E-state index in [4.69, 9.17) is 19.9 Å². The number of benzene rings is 17. The summed E-state index contributed by atoms with van der Waals surface area (Å²) in [6.07, 6.45) is 0. The van der Waals surface area contributed by atoms with Gasteiger partial charge in [0.05, 0.1) is 16.4 Å². The Bertz CT molecular complexity index is 6490. The number of aromatic nitrogens is 5. The van der Waals surface area contributed by atoms with Crippen molar-refractivity contribution < 1.29 is 0 Å². The van der Waals surface area contributed by atoms with Gasteiger partial charge in [-0.05, 0) is 180 Å². The monoisotopic (exact) mass is 1370 g/mol. The Balaban J connectivity index is 0.000000138. The highest BCUT2D eigenvalue weighted by molar-refractivity contribution is 6.29. The molecule has 3 aliphatic rings. The van der Waals surface area contributed by atoms with E-state index < -0.39 is 5.41 Å². The zero-order valence-electron chi connectivity index (χ0n) is 58.8. The second kappa shape index (κ2) is 25.6. The van der Waals surface area contributed by atoms with E-state index in [0.29, 0.717) is 17.5 Å². The van der Waals surface area contributed by atoms with Crippen LogP contribution in [0.15, 0.2) is 394 Å². The summed E-state index contributed by atoms with van der Waals surface area (Å²) in [6.45, 7) is 0. The predicted molar refractivity (Wildman–Crippen MR) is 446 cm³/mol. The van der Waals surface area contributed by atoms with Crippen molar-refractivity contribution in [3.8, 4) is 151 Å². The lowest BCUT2D eigenvalue weighted by Crippen LogP contribution is -2.25. The molecular weight excluding hydrogens is 1310 g/mol. The van der Waals surface area contributed by atoms with Crippen LogP contribution in [-0.4, -0.2) is 24.5 Å². The molecule has 5 heteroatoms. The molecule has 1 spiro atoms. The fourth-order valence-corrected chi connectivity index (χ4v) is 17.6. The number of rotatable bonds is 10. The van der Waals surface area contributed by atoms with Gasteiger partial charge >= 0.3 is 0 Å². The van der Waals surface area contributed by atoms with Crippen LogP contribution in [0.3, 0.4) is 0 Å². The second-order valence-electron chi connectivity index (χ2n) is 28.2. The van der Waals surface area contributed by atoms with Gasteiger partial charge in [0.1, 0.15) is 5.82 Å². The number of hydrogen-bond donors (Lipinski definition) is 0. The minimum absolute atomic E-state index is 0.450. The molecule has 0 amide bonds. The molecule has 0 bridgehead atoms. The molecule has 0 fully saturated rings. The minimum atomic E-state index is -0.450. The molecule has 5 nitrogen and oxygen atoms in total.